The van der Waals surface area contributed by atoms with E-state index in [1.54, 1.807) is 0 Å². The number of ether oxygens (including phenoxy) is 2. The Morgan fingerprint density at radius 2 is 1.41 bits per heavy atom. The zero-order valence-electron chi connectivity index (χ0n) is 22.5. The van der Waals surface area contributed by atoms with Gasteiger partial charge in [-0.2, -0.15) is 0 Å². The number of hydrogen-bond donors (Lipinski definition) is 0. The molecule has 1 saturated carbocycles. The Bertz CT molecular complexity index is 1490. The van der Waals surface area contributed by atoms with Crippen LogP contribution in [0.5, 0.6) is 5.88 Å². The largest absolute Gasteiger partial charge is 0.472 e. The van der Waals surface area contributed by atoms with Crippen LogP contribution in [0.1, 0.15) is 54.7 Å². The molecule has 0 atom stereocenters. The second-order valence-electron chi connectivity index (χ2n) is 10.4. The van der Waals surface area contributed by atoms with Crippen LogP contribution < -0.4 is 4.74 Å². The fraction of sp³-hybridized carbons (Fsp3) is 0.286. The number of nitrogens with zero attached hydrogens (tertiary/aromatic N) is 2. The summed E-state index contributed by atoms with van der Waals surface area (Å²) in [5.41, 5.74) is 7.34. The smallest absolute Gasteiger partial charge is 0.223 e. The highest BCUT2D eigenvalue weighted by atomic mass is 16.5. The summed E-state index contributed by atoms with van der Waals surface area (Å²) in [5.74, 6) is 1.22. The van der Waals surface area contributed by atoms with Crippen molar-refractivity contribution in [2.75, 3.05) is 6.61 Å². The minimum absolute atomic E-state index is 0.490. The Morgan fingerprint density at radius 1 is 0.718 bits per heavy atom. The summed E-state index contributed by atoms with van der Waals surface area (Å²) in [5, 5.41) is 1.35. The quantitative estimate of drug-likeness (QED) is 0.175. The second-order valence-corrected chi connectivity index (χ2v) is 10.4. The summed E-state index contributed by atoms with van der Waals surface area (Å²) in [6.45, 7) is 2.50. The van der Waals surface area contributed by atoms with Gasteiger partial charge < -0.3 is 14.0 Å². The lowest BCUT2D eigenvalue weighted by molar-refractivity contribution is 0.114. The van der Waals surface area contributed by atoms with E-state index in [9.17, 15) is 0 Å². The molecule has 0 spiro atoms. The van der Waals surface area contributed by atoms with Crippen molar-refractivity contribution < 1.29 is 9.47 Å². The lowest BCUT2D eigenvalue weighted by atomic mass is 9.82. The van der Waals surface area contributed by atoms with E-state index in [0.29, 0.717) is 31.6 Å². The molecule has 0 radical (unpaired) electrons. The highest BCUT2D eigenvalue weighted by Crippen LogP contribution is 2.45. The Hall–Kier alpha value is -3.89. The van der Waals surface area contributed by atoms with Gasteiger partial charge in [0.25, 0.3) is 0 Å². The fourth-order valence-corrected chi connectivity index (χ4v) is 5.99. The number of benzene rings is 3. The molecule has 4 heteroatoms. The molecular weight excluding hydrogens is 480 g/mol. The molecule has 39 heavy (non-hydrogen) atoms. The summed E-state index contributed by atoms with van der Waals surface area (Å²) >= 11 is 0. The van der Waals surface area contributed by atoms with Crippen molar-refractivity contribution in [2.24, 2.45) is 0 Å². The van der Waals surface area contributed by atoms with Gasteiger partial charge in [0, 0.05) is 23.6 Å². The normalized spacial score (nSPS) is 14.1. The maximum absolute atomic E-state index is 6.40. The highest BCUT2D eigenvalue weighted by molar-refractivity contribution is 5.93. The molecule has 3 aromatic carbocycles. The predicted octanol–water partition coefficient (Wildman–Crippen LogP) is 8.55. The summed E-state index contributed by atoms with van der Waals surface area (Å²) in [6.07, 6.45) is 8.19. The van der Waals surface area contributed by atoms with Crippen LogP contribution in [-0.2, 0) is 24.5 Å². The summed E-state index contributed by atoms with van der Waals surface area (Å²) in [6, 6.07) is 33.8. The van der Waals surface area contributed by atoms with Gasteiger partial charge in [0.1, 0.15) is 6.61 Å². The third kappa shape index (κ3) is 5.76. The number of rotatable bonds is 10. The average Bonchev–Trinajstić information content (AvgIpc) is 3.34. The fourth-order valence-electron chi connectivity index (χ4n) is 5.99. The van der Waals surface area contributed by atoms with Crippen molar-refractivity contribution in [3.05, 3.63) is 120 Å². The lowest BCUT2D eigenvalue weighted by Crippen LogP contribution is -2.11. The molecular formula is C35H36N2O2. The number of para-hydroxylation sites is 1. The SMILES string of the molecule is c1ccc(COCCn2c(-c3cccnc3OCc3ccccc3)c(C3CCCCC3)c3ccccc32)cc1. The van der Waals surface area contributed by atoms with E-state index in [1.165, 1.54) is 59.8 Å². The van der Waals surface area contributed by atoms with Crippen LogP contribution in [0, 0.1) is 0 Å². The number of fused-ring (bicyclic) bond motifs is 1. The minimum Gasteiger partial charge on any atom is -0.472 e. The average molecular weight is 517 g/mol. The van der Waals surface area contributed by atoms with Crippen LogP contribution in [0.4, 0.5) is 0 Å². The highest BCUT2D eigenvalue weighted by Gasteiger charge is 2.28. The van der Waals surface area contributed by atoms with Gasteiger partial charge in [-0.1, -0.05) is 98.1 Å². The number of pyridine rings is 1. The molecule has 4 nitrogen and oxygen atoms in total. The van der Waals surface area contributed by atoms with E-state index in [0.717, 1.165) is 17.7 Å². The minimum atomic E-state index is 0.490. The Kier molecular flexibility index (Phi) is 8.02. The molecule has 0 aliphatic heterocycles. The van der Waals surface area contributed by atoms with Crippen molar-refractivity contribution in [2.45, 2.75) is 57.8 Å². The molecule has 5 aromatic rings. The first-order valence-corrected chi connectivity index (χ1v) is 14.2. The molecule has 0 unspecified atom stereocenters. The molecule has 2 aromatic heterocycles. The Labute approximate surface area is 231 Å². The first-order chi connectivity index (χ1) is 19.4. The van der Waals surface area contributed by atoms with Crippen molar-refractivity contribution in [3.8, 4) is 17.1 Å². The summed E-state index contributed by atoms with van der Waals surface area (Å²) < 4.78 is 15.0. The van der Waals surface area contributed by atoms with Gasteiger partial charge in [0.2, 0.25) is 5.88 Å². The maximum atomic E-state index is 6.40. The Morgan fingerprint density at radius 3 is 2.18 bits per heavy atom. The van der Waals surface area contributed by atoms with Gasteiger partial charge >= 0.3 is 0 Å². The molecule has 1 aliphatic rings. The first-order valence-electron chi connectivity index (χ1n) is 14.2. The van der Waals surface area contributed by atoms with Crippen molar-refractivity contribution in [3.63, 3.8) is 0 Å². The third-order valence-corrected chi connectivity index (χ3v) is 7.84. The van der Waals surface area contributed by atoms with Crippen LogP contribution >= 0.6 is 0 Å². The van der Waals surface area contributed by atoms with Gasteiger partial charge in [-0.05, 0) is 53.6 Å². The molecule has 0 amide bonds. The molecule has 1 fully saturated rings. The molecule has 2 heterocycles. The maximum Gasteiger partial charge on any atom is 0.223 e. The molecule has 0 saturated heterocycles. The lowest BCUT2D eigenvalue weighted by Gasteiger charge is -2.24. The van der Waals surface area contributed by atoms with Gasteiger partial charge in [-0.25, -0.2) is 4.98 Å². The van der Waals surface area contributed by atoms with Crippen LogP contribution in [0.25, 0.3) is 22.2 Å². The molecule has 1 aliphatic carbocycles. The zero-order valence-corrected chi connectivity index (χ0v) is 22.5. The van der Waals surface area contributed by atoms with Crippen molar-refractivity contribution in [1.82, 2.24) is 9.55 Å². The second kappa shape index (κ2) is 12.3. The van der Waals surface area contributed by atoms with Crippen molar-refractivity contribution in [1.29, 1.82) is 0 Å². The molecule has 0 bridgehead atoms. The number of aromatic nitrogens is 2. The predicted molar refractivity (Wildman–Crippen MR) is 158 cm³/mol. The van der Waals surface area contributed by atoms with E-state index in [2.05, 4.69) is 71.3 Å². The molecule has 198 valence electrons. The van der Waals surface area contributed by atoms with Crippen LogP contribution in [0.3, 0.4) is 0 Å². The van der Waals surface area contributed by atoms with Crippen molar-refractivity contribution >= 4 is 10.9 Å². The Balaban J connectivity index is 1.39. The van der Waals surface area contributed by atoms with E-state index in [4.69, 9.17) is 14.5 Å². The van der Waals surface area contributed by atoms with E-state index in [1.807, 2.05) is 36.5 Å². The summed E-state index contributed by atoms with van der Waals surface area (Å²) in [4.78, 5) is 4.74. The van der Waals surface area contributed by atoms with Crippen LogP contribution in [-0.4, -0.2) is 16.2 Å². The van der Waals surface area contributed by atoms with Gasteiger partial charge in [0.05, 0.1) is 24.5 Å². The van der Waals surface area contributed by atoms with Gasteiger partial charge in [0.15, 0.2) is 0 Å². The third-order valence-electron chi connectivity index (χ3n) is 7.84. The van der Waals surface area contributed by atoms with E-state index < -0.39 is 0 Å². The zero-order chi connectivity index (χ0) is 26.3. The van der Waals surface area contributed by atoms with Gasteiger partial charge in [-0.15, -0.1) is 0 Å². The first kappa shape index (κ1) is 25.4. The number of hydrogen-bond acceptors (Lipinski definition) is 3. The van der Waals surface area contributed by atoms with Crippen LogP contribution in [0.2, 0.25) is 0 Å². The van der Waals surface area contributed by atoms with Crippen LogP contribution in [0.15, 0.2) is 103 Å². The van der Waals surface area contributed by atoms with E-state index in [-0.39, 0.29) is 0 Å². The monoisotopic (exact) mass is 516 g/mol. The molecule has 0 N–H and O–H groups in total. The molecule has 6 rings (SSSR count). The summed E-state index contributed by atoms with van der Waals surface area (Å²) in [7, 11) is 0. The topological polar surface area (TPSA) is 36.3 Å². The van der Waals surface area contributed by atoms with E-state index >= 15 is 0 Å². The standard InChI is InChI=1S/C35H36N2O2/c1-4-13-27(14-5-1)25-38-24-23-37-32-21-11-10-19-30(32)33(29-17-8-3-9-18-29)34(37)31-20-12-22-36-35(31)39-26-28-15-6-2-7-16-28/h1-2,4-7,10-16,19-22,29H,3,8-9,17-18,23-26H2. The van der Waals surface area contributed by atoms with Gasteiger partial charge in [-0.3, -0.25) is 0 Å².